The monoisotopic (exact) mass is 186 g/mol. The molecule has 0 amide bonds. The molecular weight excluding hydrogens is 181 g/mol. The van der Waals surface area contributed by atoms with Crippen molar-refractivity contribution in [1.82, 2.24) is 0 Å². The Morgan fingerprint density at radius 2 is 1.92 bits per heavy atom. The van der Waals surface area contributed by atoms with Crippen molar-refractivity contribution in [1.29, 1.82) is 0 Å². The first-order valence-corrected chi connectivity index (χ1v) is 3.72. The molecule has 0 radical (unpaired) electrons. The maximum absolute atomic E-state index is 12.3. The summed E-state index contributed by atoms with van der Waals surface area (Å²) in [5.74, 6) is -0.414. The second-order valence-electron chi connectivity index (χ2n) is 2.94. The molecule has 0 aliphatic heterocycles. The van der Waals surface area contributed by atoms with Crippen molar-refractivity contribution in [3.63, 3.8) is 0 Å². The molecule has 0 aromatic heterocycles. The van der Waals surface area contributed by atoms with Crippen molar-refractivity contribution in [3.8, 4) is 0 Å². The lowest BCUT2D eigenvalue weighted by molar-refractivity contribution is -0.138. The average molecular weight is 186 g/mol. The summed E-state index contributed by atoms with van der Waals surface area (Å²) >= 11 is 0. The molecule has 1 nitrogen and oxygen atoms in total. The number of carbonyl (C=O) groups is 1. The van der Waals surface area contributed by atoms with E-state index in [1.165, 1.54) is 6.07 Å². The predicted octanol–water partition coefficient (Wildman–Crippen LogP) is 2.44. The van der Waals surface area contributed by atoms with E-state index in [-0.39, 0.29) is 12.0 Å². The minimum Gasteiger partial charge on any atom is -0.294 e. The quantitative estimate of drug-likeness (QED) is 0.608. The van der Waals surface area contributed by atoms with Crippen molar-refractivity contribution in [3.05, 3.63) is 34.9 Å². The molecule has 0 saturated heterocycles. The third-order valence-electron chi connectivity index (χ3n) is 2.09. The SMILES string of the molecule is O=C1Cc2cccc(C(F)(F)F)c21. The van der Waals surface area contributed by atoms with E-state index in [1.54, 1.807) is 6.07 Å². The predicted molar refractivity (Wildman–Crippen MR) is 39.5 cm³/mol. The topological polar surface area (TPSA) is 17.1 Å². The van der Waals surface area contributed by atoms with Gasteiger partial charge in [0, 0.05) is 12.0 Å². The highest BCUT2D eigenvalue weighted by Crippen LogP contribution is 2.37. The zero-order valence-electron chi connectivity index (χ0n) is 6.48. The number of hydrogen-bond donors (Lipinski definition) is 0. The van der Waals surface area contributed by atoms with Gasteiger partial charge in [0.1, 0.15) is 0 Å². The number of rotatable bonds is 0. The Morgan fingerprint density at radius 3 is 2.38 bits per heavy atom. The van der Waals surface area contributed by atoms with E-state index in [1.807, 2.05) is 0 Å². The number of alkyl halides is 3. The highest BCUT2D eigenvalue weighted by Gasteiger charge is 2.39. The van der Waals surface area contributed by atoms with Crippen molar-refractivity contribution < 1.29 is 18.0 Å². The molecule has 2 rings (SSSR count). The van der Waals surface area contributed by atoms with Crippen LogP contribution in [0, 0.1) is 0 Å². The van der Waals surface area contributed by atoms with E-state index in [9.17, 15) is 18.0 Å². The third-order valence-corrected chi connectivity index (χ3v) is 2.09. The average Bonchev–Trinajstić information content (AvgIpc) is 2.00. The van der Waals surface area contributed by atoms with Gasteiger partial charge in [-0.1, -0.05) is 12.1 Å². The highest BCUT2D eigenvalue weighted by atomic mass is 19.4. The van der Waals surface area contributed by atoms with Crippen LogP contribution >= 0.6 is 0 Å². The smallest absolute Gasteiger partial charge is 0.294 e. The fourth-order valence-electron chi connectivity index (χ4n) is 1.47. The molecule has 0 N–H and O–H groups in total. The Bertz CT molecular complexity index is 379. The van der Waals surface area contributed by atoms with Gasteiger partial charge in [-0.3, -0.25) is 4.79 Å². The molecule has 0 fully saturated rings. The van der Waals surface area contributed by atoms with Crippen molar-refractivity contribution in [2.45, 2.75) is 12.6 Å². The third kappa shape index (κ3) is 1.13. The van der Waals surface area contributed by atoms with E-state index in [0.29, 0.717) is 5.56 Å². The lowest BCUT2D eigenvalue weighted by atomic mass is 9.83. The standard InChI is InChI=1S/C9H5F3O/c10-9(11,12)6-3-1-2-5-4-7(13)8(5)6/h1-3H,4H2. The Kier molecular flexibility index (Phi) is 1.49. The summed E-state index contributed by atoms with van der Waals surface area (Å²) in [7, 11) is 0. The zero-order valence-corrected chi connectivity index (χ0v) is 6.48. The van der Waals surface area contributed by atoms with Crippen molar-refractivity contribution in [2.24, 2.45) is 0 Å². The molecule has 0 atom stereocenters. The number of ketones is 1. The second-order valence-corrected chi connectivity index (χ2v) is 2.94. The summed E-state index contributed by atoms with van der Waals surface area (Å²) < 4.78 is 36.9. The van der Waals surface area contributed by atoms with Crippen molar-refractivity contribution >= 4 is 5.78 Å². The Labute approximate surface area is 72.2 Å². The highest BCUT2D eigenvalue weighted by molar-refractivity contribution is 6.07. The molecule has 1 aliphatic rings. The van der Waals surface area contributed by atoms with E-state index < -0.39 is 17.5 Å². The van der Waals surface area contributed by atoms with Gasteiger partial charge in [-0.05, 0) is 11.6 Å². The van der Waals surface area contributed by atoms with Crippen LogP contribution in [-0.2, 0) is 12.6 Å². The molecule has 68 valence electrons. The maximum atomic E-state index is 12.3. The molecule has 13 heavy (non-hydrogen) atoms. The Balaban J connectivity index is 2.60. The number of Topliss-reactive ketones (excluding diaryl/α,β-unsaturated/α-hetero) is 1. The van der Waals surface area contributed by atoms with E-state index >= 15 is 0 Å². The molecule has 4 heteroatoms. The molecule has 0 spiro atoms. The van der Waals surface area contributed by atoms with Crippen LogP contribution < -0.4 is 0 Å². The number of fused-ring (bicyclic) bond motifs is 1. The van der Waals surface area contributed by atoms with Crippen LogP contribution in [0.15, 0.2) is 18.2 Å². The van der Waals surface area contributed by atoms with Crippen LogP contribution in [-0.4, -0.2) is 5.78 Å². The second kappa shape index (κ2) is 2.34. The summed E-state index contributed by atoms with van der Waals surface area (Å²) in [6.45, 7) is 0. The van der Waals surface area contributed by atoms with Gasteiger partial charge < -0.3 is 0 Å². The lowest BCUT2D eigenvalue weighted by Crippen LogP contribution is -2.24. The summed E-state index contributed by atoms with van der Waals surface area (Å²) in [5, 5.41) is 0. The molecule has 1 aromatic carbocycles. The molecular formula is C9H5F3O. The van der Waals surface area contributed by atoms with Crippen LogP contribution in [0.3, 0.4) is 0 Å². The number of benzene rings is 1. The summed E-state index contributed by atoms with van der Waals surface area (Å²) in [4.78, 5) is 10.9. The minimum absolute atomic E-state index is 0.138. The van der Waals surface area contributed by atoms with Gasteiger partial charge in [-0.2, -0.15) is 13.2 Å². The van der Waals surface area contributed by atoms with Gasteiger partial charge >= 0.3 is 6.18 Å². The normalized spacial score (nSPS) is 15.2. The molecule has 0 heterocycles. The molecule has 0 unspecified atom stereocenters. The first kappa shape index (κ1) is 8.29. The van der Waals surface area contributed by atoms with Gasteiger partial charge in [0.05, 0.1) is 5.56 Å². The maximum Gasteiger partial charge on any atom is 0.417 e. The number of halogens is 3. The minimum atomic E-state index is -4.42. The molecule has 0 bridgehead atoms. The zero-order chi connectivity index (χ0) is 9.64. The fraction of sp³-hybridized carbons (Fsp3) is 0.222. The number of carbonyl (C=O) groups excluding carboxylic acids is 1. The largest absolute Gasteiger partial charge is 0.417 e. The van der Waals surface area contributed by atoms with Crippen LogP contribution in [0.2, 0.25) is 0 Å². The van der Waals surface area contributed by atoms with Crippen LogP contribution in [0.1, 0.15) is 21.5 Å². The van der Waals surface area contributed by atoms with E-state index in [0.717, 1.165) is 6.07 Å². The van der Waals surface area contributed by atoms with E-state index in [2.05, 4.69) is 0 Å². The summed E-state index contributed by atoms with van der Waals surface area (Å²) in [6, 6.07) is 3.82. The fourth-order valence-corrected chi connectivity index (χ4v) is 1.47. The lowest BCUT2D eigenvalue weighted by Gasteiger charge is -2.21. The molecule has 1 aromatic rings. The van der Waals surface area contributed by atoms with Crippen molar-refractivity contribution in [2.75, 3.05) is 0 Å². The van der Waals surface area contributed by atoms with Gasteiger partial charge in [0.15, 0.2) is 5.78 Å². The Hall–Kier alpha value is -1.32. The summed E-state index contributed by atoms with van der Waals surface area (Å²) in [5.41, 5.74) is -0.448. The number of hydrogen-bond acceptors (Lipinski definition) is 1. The Morgan fingerprint density at radius 1 is 1.23 bits per heavy atom. The van der Waals surface area contributed by atoms with Gasteiger partial charge in [-0.15, -0.1) is 0 Å². The summed E-state index contributed by atoms with van der Waals surface area (Å²) in [6.07, 6.45) is -4.28. The van der Waals surface area contributed by atoms with Crippen LogP contribution in [0.25, 0.3) is 0 Å². The van der Waals surface area contributed by atoms with Gasteiger partial charge in [-0.25, -0.2) is 0 Å². The first-order valence-electron chi connectivity index (χ1n) is 3.72. The first-order chi connectivity index (χ1) is 6.00. The van der Waals surface area contributed by atoms with E-state index in [4.69, 9.17) is 0 Å². The van der Waals surface area contributed by atoms with Crippen LogP contribution in [0.4, 0.5) is 13.2 Å². The van der Waals surface area contributed by atoms with Gasteiger partial charge in [0.25, 0.3) is 0 Å². The van der Waals surface area contributed by atoms with Crippen LogP contribution in [0.5, 0.6) is 0 Å². The van der Waals surface area contributed by atoms with Gasteiger partial charge in [0.2, 0.25) is 0 Å². The molecule has 0 saturated carbocycles. The molecule has 1 aliphatic carbocycles.